The summed E-state index contributed by atoms with van der Waals surface area (Å²) in [6.07, 6.45) is 1.13. The maximum atomic E-state index is 5.53. The largest absolute Gasteiger partial charge is 0.271 e. The number of rotatable bonds is 4. The van der Waals surface area contributed by atoms with Gasteiger partial charge in [-0.15, -0.1) is 11.3 Å². The van der Waals surface area contributed by atoms with Crippen molar-refractivity contribution in [3.63, 3.8) is 0 Å². The Morgan fingerprint density at radius 3 is 2.77 bits per heavy atom. The van der Waals surface area contributed by atoms with Crippen LogP contribution in [0.15, 0.2) is 15.2 Å². The van der Waals surface area contributed by atoms with E-state index in [-0.39, 0.29) is 6.04 Å². The van der Waals surface area contributed by atoms with Crippen molar-refractivity contribution in [1.82, 2.24) is 5.43 Å². The fourth-order valence-corrected chi connectivity index (χ4v) is 2.52. The quantitative estimate of drug-likeness (QED) is 0.647. The van der Waals surface area contributed by atoms with E-state index in [2.05, 4.69) is 46.6 Å². The van der Waals surface area contributed by atoms with Crippen LogP contribution in [0.2, 0.25) is 0 Å². The van der Waals surface area contributed by atoms with E-state index in [1.807, 2.05) is 0 Å². The van der Waals surface area contributed by atoms with Crippen molar-refractivity contribution >= 4 is 27.3 Å². The molecule has 1 rings (SSSR count). The summed E-state index contributed by atoms with van der Waals surface area (Å²) in [5, 5.41) is 2.14. The van der Waals surface area contributed by atoms with Crippen LogP contribution in [0.25, 0.3) is 0 Å². The Labute approximate surface area is 91.6 Å². The summed E-state index contributed by atoms with van der Waals surface area (Å²) in [5.41, 5.74) is 4.14. The maximum Gasteiger partial charge on any atom is 0.0701 e. The molecule has 0 aromatic carbocycles. The average molecular weight is 263 g/mol. The van der Waals surface area contributed by atoms with Gasteiger partial charge in [0.1, 0.15) is 0 Å². The molecule has 1 heterocycles. The molecular formula is C9H15BrN2S. The van der Waals surface area contributed by atoms with E-state index in [0.29, 0.717) is 5.92 Å². The summed E-state index contributed by atoms with van der Waals surface area (Å²) < 4.78 is 1.16. The molecule has 0 aliphatic heterocycles. The molecule has 0 saturated heterocycles. The molecule has 0 aliphatic rings. The van der Waals surface area contributed by atoms with E-state index in [1.54, 1.807) is 11.3 Å². The lowest BCUT2D eigenvalue weighted by atomic mass is 9.95. The molecule has 2 nitrogen and oxygen atoms in total. The zero-order valence-electron chi connectivity index (χ0n) is 7.88. The summed E-state index contributed by atoms with van der Waals surface area (Å²) in [5.74, 6) is 6.09. The summed E-state index contributed by atoms with van der Waals surface area (Å²) in [6, 6.07) is 2.40. The van der Waals surface area contributed by atoms with Crippen LogP contribution < -0.4 is 11.3 Å². The van der Waals surface area contributed by atoms with E-state index in [9.17, 15) is 0 Å². The predicted octanol–water partition coefficient (Wildman–Crippen LogP) is 3.06. The second-order valence-corrected chi connectivity index (χ2v) is 5.50. The highest BCUT2D eigenvalue weighted by Gasteiger charge is 2.17. The van der Waals surface area contributed by atoms with E-state index < -0.39 is 0 Å². The van der Waals surface area contributed by atoms with Crippen molar-refractivity contribution in [2.24, 2.45) is 11.8 Å². The highest BCUT2D eigenvalue weighted by molar-refractivity contribution is 9.11. The standard InChI is InChI=1S/C9H15BrN2S/c1-3-6(2)9(12-11)7-4-8(10)13-5-7/h4-6,9,12H,3,11H2,1-2H3. The fourth-order valence-electron chi connectivity index (χ4n) is 1.31. The minimum Gasteiger partial charge on any atom is -0.271 e. The van der Waals surface area contributed by atoms with Gasteiger partial charge in [0.2, 0.25) is 0 Å². The minimum absolute atomic E-state index is 0.271. The van der Waals surface area contributed by atoms with Gasteiger partial charge in [-0.25, -0.2) is 0 Å². The SMILES string of the molecule is CCC(C)C(NN)c1csc(Br)c1. The Bertz CT molecular complexity index is 262. The smallest absolute Gasteiger partial charge is 0.0701 e. The fraction of sp³-hybridized carbons (Fsp3) is 0.556. The Hall–Kier alpha value is 0.100. The van der Waals surface area contributed by atoms with Crippen LogP contribution in [0, 0.1) is 5.92 Å². The summed E-state index contributed by atoms with van der Waals surface area (Å²) in [4.78, 5) is 0. The van der Waals surface area contributed by atoms with Crippen LogP contribution in [0.1, 0.15) is 31.9 Å². The first-order chi connectivity index (χ1) is 6.19. The van der Waals surface area contributed by atoms with Crippen molar-refractivity contribution < 1.29 is 0 Å². The molecule has 2 atom stereocenters. The first-order valence-corrected chi connectivity index (χ1v) is 6.06. The molecule has 2 unspecified atom stereocenters. The Kier molecular flexibility index (Phi) is 4.38. The highest BCUT2D eigenvalue weighted by atomic mass is 79.9. The zero-order valence-corrected chi connectivity index (χ0v) is 10.3. The van der Waals surface area contributed by atoms with E-state index >= 15 is 0 Å². The topological polar surface area (TPSA) is 38.0 Å². The van der Waals surface area contributed by atoms with Crippen LogP contribution >= 0.6 is 27.3 Å². The van der Waals surface area contributed by atoms with Crippen LogP contribution in [-0.4, -0.2) is 0 Å². The number of hydrogen-bond donors (Lipinski definition) is 2. The molecule has 3 N–H and O–H groups in total. The van der Waals surface area contributed by atoms with E-state index in [1.165, 1.54) is 5.56 Å². The van der Waals surface area contributed by atoms with Crippen molar-refractivity contribution in [3.05, 3.63) is 20.8 Å². The number of hydrogen-bond acceptors (Lipinski definition) is 3. The Morgan fingerprint density at radius 2 is 2.38 bits per heavy atom. The van der Waals surface area contributed by atoms with Crippen LogP contribution in [0.4, 0.5) is 0 Å². The lowest BCUT2D eigenvalue weighted by Crippen LogP contribution is -2.32. The van der Waals surface area contributed by atoms with Crippen LogP contribution in [0.3, 0.4) is 0 Å². The van der Waals surface area contributed by atoms with E-state index in [0.717, 1.165) is 10.2 Å². The molecule has 4 heteroatoms. The second kappa shape index (κ2) is 5.10. The van der Waals surface area contributed by atoms with Gasteiger partial charge in [-0.3, -0.25) is 11.3 Å². The lowest BCUT2D eigenvalue weighted by Gasteiger charge is -2.20. The predicted molar refractivity (Wildman–Crippen MR) is 61.5 cm³/mol. The monoisotopic (exact) mass is 262 g/mol. The first-order valence-electron chi connectivity index (χ1n) is 4.39. The summed E-state index contributed by atoms with van der Waals surface area (Å²) in [6.45, 7) is 4.38. The molecule has 1 aromatic rings. The molecule has 0 saturated carbocycles. The molecule has 13 heavy (non-hydrogen) atoms. The van der Waals surface area contributed by atoms with Gasteiger partial charge in [-0.05, 0) is 38.9 Å². The number of hydrazine groups is 1. The van der Waals surface area contributed by atoms with Crippen molar-refractivity contribution in [2.75, 3.05) is 0 Å². The Balaban J connectivity index is 2.77. The normalized spacial score (nSPS) is 15.7. The molecule has 0 bridgehead atoms. The number of nitrogens with two attached hydrogens (primary N) is 1. The third-order valence-electron chi connectivity index (χ3n) is 2.34. The third-order valence-corrected chi connectivity index (χ3v) is 3.86. The van der Waals surface area contributed by atoms with Crippen LogP contribution in [-0.2, 0) is 0 Å². The molecule has 0 spiro atoms. The lowest BCUT2D eigenvalue weighted by molar-refractivity contribution is 0.384. The van der Waals surface area contributed by atoms with Gasteiger partial charge in [-0.1, -0.05) is 20.3 Å². The Morgan fingerprint density at radius 1 is 1.69 bits per heavy atom. The summed E-state index contributed by atoms with van der Waals surface area (Å²) >= 11 is 5.15. The van der Waals surface area contributed by atoms with Crippen LogP contribution in [0.5, 0.6) is 0 Å². The number of thiophene rings is 1. The van der Waals surface area contributed by atoms with Gasteiger partial charge in [-0.2, -0.15) is 0 Å². The van der Waals surface area contributed by atoms with Gasteiger partial charge >= 0.3 is 0 Å². The minimum atomic E-state index is 0.271. The number of nitrogens with one attached hydrogen (secondary N) is 1. The third kappa shape index (κ3) is 2.77. The molecule has 0 radical (unpaired) electrons. The van der Waals surface area contributed by atoms with Gasteiger partial charge in [0.05, 0.1) is 3.79 Å². The first kappa shape index (κ1) is 11.2. The highest BCUT2D eigenvalue weighted by Crippen LogP contribution is 2.29. The molecule has 1 aromatic heterocycles. The molecule has 74 valence electrons. The molecule has 0 fully saturated rings. The van der Waals surface area contributed by atoms with Crippen molar-refractivity contribution in [3.8, 4) is 0 Å². The molecule has 0 amide bonds. The zero-order chi connectivity index (χ0) is 9.84. The van der Waals surface area contributed by atoms with Gasteiger partial charge in [0, 0.05) is 6.04 Å². The van der Waals surface area contributed by atoms with E-state index in [4.69, 9.17) is 5.84 Å². The van der Waals surface area contributed by atoms with Gasteiger partial charge in [0.25, 0.3) is 0 Å². The van der Waals surface area contributed by atoms with Gasteiger partial charge in [0.15, 0.2) is 0 Å². The number of halogens is 1. The molecule has 0 aliphatic carbocycles. The molecular weight excluding hydrogens is 248 g/mol. The maximum absolute atomic E-state index is 5.53. The summed E-state index contributed by atoms with van der Waals surface area (Å²) in [7, 11) is 0. The van der Waals surface area contributed by atoms with Crippen molar-refractivity contribution in [1.29, 1.82) is 0 Å². The van der Waals surface area contributed by atoms with Crippen molar-refractivity contribution in [2.45, 2.75) is 26.3 Å². The second-order valence-electron chi connectivity index (χ2n) is 3.21. The van der Waals surface area contributed by atoms with Gasteiger partial charge < -0.3 is 0 Å². The average Bonchev–Trinajstić information content (AvgIpc) is 2.53.